The van der Waals surface area contributed by atoms with Crippen LogP contribution in [-0.4, -0.2) is 89.9 Å². The van der Waals surface area contributed by atoms with Gasteiger partial charge in [0.05, 0.1) is 25.1 Å². The summed E-state index contributed by atoms with van der Waals surface area (Å²) in [5, 5.41) is 0. The van der Waals surface area contributed by atoms with E-state index in [1.807, 2.05) is 11.9 Å². The van der Waals surface area contributed by atoms with E-state index >= 15 is 8.78 Å². The second kappa shape index (κ2) is 16.4. The highest BCUT2D eigenvalue weighted by Crippen LogP contribution is 2.65. The first-order valence-corrected chi connectivity index (χ1v) is 22.2. The molecule has 59 heavy (non-hydrogen) atoms. The third-order valence-corrected chi connectivity index (χ3v) is 14.1. The summed E-state index contributed by atoms with van der Waals surface area (Å²) in [6.45, 7) is -4.57. The number of fused-ring (bicyclic) bond motifs is 4. The molecule has 0 aliphatic carbocycles. The lowest BCUT2D eigenvalue weighted by atomic mass is 10.1. The molecule has 0 spiro atoms. The van der Waals surface area contributed by atoms with E-state index in [2.05, 4.69) is 15.0 Å². The van der Waals surface area contributed by atoms with E-state index < -0.39 is 94.3 Å². The number of hydrogen-bond donors (Lipinski definition) is 3. The summed E-state index contributed by atoms with van der Waals surface area (Å²) in [4.78, 5) is 62.0. The van der Waals surface area contributed by atoms with Crippen molar-refractivity contribution >= 4 is 49.0 Å². The van der Waals surface area contributed by atoms with E-state index in [1.54, 1.807) is 36.4 Å². The Morgan fingerprint density at radius 1 is 0.932 bits per heavy atom. The predicted molar refractivity (Wildman–Crippen MR) is 202 cm³/mol. The first-order valence-electron chi connectivity index (χ1n) is 17.6. The van der Waals surface area contributed by atoms with Crippen LogP contribution in [0.25, 0.3) is 11.2 Å². The molecule has 20 nitrogen and oxygen atoms in total. The van der Waals surface area contributed by atoms with Gasteiger partial charge in [-0.3, -0.25) is 37.0 Å². The standard InChI is InChI=1S/C34H33F2N7O13P2S/c1-17-2-6-19(7-3-17)33(45)52-20-8-4-18(5-9-20)14-59-58(49)51-12-21-24(35)28(32(53-21)42-11-10-23(44)41-34(42)46)55-57(47,48)50-13-22-27(56-58)25(36)31(54-22)43-16-40-26-29(37)38-15-39-30(26)43/h2-11,15-16,21-22,24-25,27-28,31-32H,12-14H2,1H3,(H,47,48)(H2,37,38,39)(H,41,44,46)/t21-,22-,24-,25-,27-,28-,31-,32-,58-/m1/s1. The number of ether oxygens (including phenoxy) is 3. The number of phosphoric ester groups is 1. The number of nitrogens with zero attached hydrogens (tertiary/aromatic N) is 5. The minimum atomic E-state index is -5.30. The van der Waals surface area contributed by atoms with Crippen molar-refractivity contribution in [3.05, 3.63) is 111 Å². The maximum atomic E-state index is 16.7. The fraction of sp³-hybridized carbons (Fsp3) is 0.353. The smallest absolute Gasteiger partial charge is 0.423 e. The van der Waals surface area contributed by atoms with Gasteiger partial charge in [0.2, 0.25) is 0 Å². The third-order valence-electron chi connectivity index (χ3n) is 9.43. The molecule has 3 aliphatic heterocycles. The zero-order valence-electron chi connectivity index (χ0n) is 30.4. The summed E-state index contributed by atoms with van der Waals surface area (Å²) >= 11 is 0.585. The number of H-pyrrole nitrogens is 1. The number of nitrogens with one attached hydrogen (secondary N) is 1. The number of esters is 1. The minimum Gasteiger partial charge on any atom is -0.423 e. The molecule has 10 atom stereocenters. The zero-order valence-corrected chi connectivity index (χ0v) is 33.0. The zero-order chi connectivity index (χ0) is 41.6. The molecule has 3 fully saturated rings. The predicted octanol–water partition coefficient (Wildman–Crippen LogP) is 3.92. The summed E-state index contributed by atoms with van der Waals surface area (Å²) in [5.74, 6) is -0.502. The highest BCUT2D eigenvalue weighted by molar-refractivity contribution is 8.54. The van der Waals surface area contributed by atoms with Crippen molar-refractivity contribution in [2.24, 2.45) is 0 Å². The maximum absolute atomic E-state index is 16.7. The van der Waals surface area contributed by atoms with Crippen LogP contribution in [0.1, 0.15) is 33.9 Å². The molecule has 2 bridgehead atoms. The number of aromatic nitrogens is 6. The fourth-order valence-corrected chi connectivity index (χ4v) is 10.8. The minimum absolute atomic E-state index is 0.0140. The van der Waals surface area contributed by atoms with Crippen molar-refractivity contribution < 1.29 is 59.9 Å². The van der Waals surface area contributed by atoms with Crippen molar-refractivity contribution in [2.75, 3.05) is 18.9 Å². The van der Waals surface area contributed by atoms with Gasteiger partial charge < -0.3 is 24.8 Å². The van der Waals surface area contributed by atoms with Crippen LogP contribution in [0.2, 0.25) is 0 Å². The van der Waals surface area contributed by atoms with E-state index in [0.29, 0.717) is 22.5 Å². The van der Waals surface area contributed by atoms with Crippen LogP contribution < -0.4 is 21.7 Å². The number of carbonyl (C=O) groups excluding carboxylic acids is 1. The van der Waals surface area contributed by atoms with Crippen LogP contribution >= 0.6 is 26.0 Å². The van der Waals surface area contributed by atoms with Crippen LogP contribution in [0.15, 0.2) is 83.0 Å². The van der Waals surface area contributed by atoms with E-state index in [0.717, 1.165) is 28.7 Å². The number of carbonyl (C=O) groups is 1. The molecular formula is C34H33F2N7O13P2S. The highest BCUT2D eigenvalue weighted by atomic mass is 32.7. The van der Waals surface area contributed by atoms with Crippen molar-refractivity contribution in [1.82, 2.24) is 29.1 Å². The number of hydrogen-bond acceptors (Lipinski definition) is 17. The van der Waals surface area contributed by atoms with E-state index in [-0.39, 0.29) is 28.5 Å². The van der Waals surface area contributed by atoms with Crippen molar-refractivity contribution in [3.8, 4) is 5.75 Å². The first kappa shape index (κ1) is 41.1. The molecule has 5 aromatic rings. The molecule has 0 amide bonds. The molecular weight excluding hydrogens is 846 g/mol. The number of benzene rings is 2. The Morgan fingerprint density at radius 2 is 1.66 bits per heavy atom. The molecule has 0 saturated carbocycles. The summed E-state index contributed by atoms with van der Waals surface area (Å²) in [7, 11) is -5.30. The third kappa shape index (κ3) is 8.67. The van der Waals surface area contributed by atoms with Crippen LogP contribution in [-0.2, 0) is 42.5 Å². The maximum Gasteiger partial charge on any atom is 0.472 e. The summed E-state index contributed by atoms with van der Waals surface area (Å²) < 4.78 is 102. The Balaban J connectivity index is 1.08. The topological polar surface area (TPSA) is 261 Å². The summed E-state index contributed by atoms with van der Waals surface area (Å²) in [6.07, 6.45) is -11.8. The van der Waals surface area contributed by atoms with Gasteiger partial charge in [0.1, 0.15) is 42.0 Å². The van der Waals surface area contributed by atoms with Gasteiger partial charge in [-0.05, 0) is 48.1 Å². The van der Waals surface area contributed by atoms with Gasteiger partial charge in [0.25, 0.3) is 5.56 Å². The Bertz CT molecular complexity index is 2580. The quantitative estimate of drug-likeness (QED) is 0.119. The molecule has 8 rings (SSSR count). The number of anilines is 1. The van der Waals surface area contributed by atoms with Crippen molar-refractivity contribution in [3.63, 3.8) is 0 Å². The Hall–Kier alpha value is -4.67. The lowest BCUT2D eigenvalue weighted by molar-refractivity contribution is -0.0652. The Kier molecular flexibility index (Phi) is 11.4. The number of aryl methyl sites for hydroxylation is 1. The monoisotopic (exact) mass is 879 g/mol. The molecule has 2 aromatic carbocycles. The van der Waals surface area contributed by atoms with Crippen molar-refractivity contribution in [2.45, 2.75) is 61.9 Å². The SMILES string of the molecule is Cc1ccc(C(=O)Oc2ccc(CS[P@]3(=O)OC[C@H]4O[C@@H](n5ccc(=O)[nH]c5=O)[C@H](OP(=O)(O)OC[C@H]5O[C@@H](n6cnc7c(N)ncnc76)[C@H](F)[C@@H]5O3)[C@@H]4F)cc2)cc1. The van der Waals surface area contributed by atoms with E-state index in [1.165, 1.54) is 23.0 Å². The van der Waals surface area contributed by atoms with Crippen LogP contribution in [0.5, 0.6) is 5.75 Å². The Morgan fingerprint density at radius 3 is 2.41 bits per heavy atom. The number of nitrogen functional groups attached to an aromatic ring is 1. The average molecular weight is 880 g/mol. The molecule has 0 radical (unpaired) electrons. The average Bonchev–Trinajstić information content (AvgIpc) is 3.86. The molecule has 1 unspecified atom stereocenters. The second-order valence-electron chi connectivity index (χ2n) is 13.4. The lowest BCUT2D eigenvalue weighted by Crippen LogP contribution is -2.37. The molecule has 6 heterocycles. The van der Waals surface area contributed by atoms with Crippen LogP contribution in [0, 0.1) is 6.92 Å². The summed E-state index contributed by atoms with van der Waals surface area (Å²) in [5.41, 5.74) is 6.05. The summed E-state index contributed by atoms with van der Waals surface area (Å²) in [6, 6.07) is 13.9. The molecule has 4 N–H and O–H groups in total. The normalized spacial score (nSPS) is 31.2. The molecule has 3 aromatic heterocycles. The largest absolute Gasteiger partial charge is 0.472 e. The van der Waals surface area contributed by atoms with Crippen molar-refractivity contribution in [1.29, 1.82) is 0 Å². The number of phosphoric acid groups is 1. The first-order chi connectivity index (χ1) is 28.2. The number of imidazole rings is 1. The highest BCUT2D eigenvalue weighted by Gasteiger charge is 2.55. The Labute approximate surface area is 334 Å². The number of halogens is 2. The number of nitrogens with two attached hydrogens (primary N) is 1. The lowest BCUT2D eigenvalue weighted by Gasteiger charge is -2.27. The van der Waals surface area contributed by atoms with Crippen LogP contribution in [0.3, 0.4) is 0 Å². The van der Waals surface area contributed by atoms with Gasteiger partial charge in [-0.15, -0.1) is 0 Å². The van der Waals surface area contributed by atoms with Gasteiger partial charge in [0, 0.05) is 18.0 Å². The van der Waals surface area contributed by atoms with Crippen LogP contribution in [0.4, 0.5) is 14.6 Å². The molecule has 25 heteroatoms. The second-order valence-corrected chi connectivity index (χ2v) is 18.9. The molecule has 312 valence electrons. The van der Waals surface area contributed by atoms with Gasteiger partial charge in [-0.2, -0.15) is 0 Å². The van der Waals surface area contributed by atoms with Gasteiger partial charge in [-0.25, -0.2) is 42.5 Å². The fourth-order valence-electron chi connectivity index (χ4n) is 6.45. The van der Waals surface area contributed by atoms with Gasteiger partial charge in [-0.1, -0.05) is 29.8 Å². The number of rotatable bonds is 7. The van der Waals surface area contributed by atoms with E-state index in [4.69, 9.17) is 38.0 Å². The van der Waals surface area contributed by atoms with E-state index in [9.17, 15) is 28.4 Å². The van der Waals surface area contributed by atoms with Gasteiger partial charge >= 0.3 is 26.3 Å². The van der Waals surface area contributed by atoms with Gasteiger partial charge in [0.15, 0.2) is 36.3 Å². The molecule has 3 saturated heterocycles. The number of alkyl halides is 2. The number of aromatic amines is 1. The molecule has 3 aliphatic rings.